The molecule has 2 aromatic carbocycles. The normalized spacial score (nSPS) is 14.5. The Labute approximate surface area is 166 Å². The standard InChI is InChI=1S/C23H27N3O2/c1-18(16-19-8-4-2-5-9-19)23(28)24-17-22(27)25-20-10-12-21(13-11-20)26-14-6-3-7-15-26/h2,4-5,8-13,16H,3,6-7,14-15,17H2,1H3,(H,24,28)(H,25,27)/b18-16+. The molecule has 0 atom stereocenters. The third kappa shape index (κ3) is 5.71. The highest BCUT2D eigenvalue weighted by Crippen LogP contribution is 2.21. The third-order valence-corrected chi connectivity index (χ3v) is 4.82. The molecular weight excluding hydrogens is 350 g/mol. The van der Waals surface area contributed by atoms with Crippen molar-refractivity contribution in [1.82, 2.24) is 5.32 Å². The Hall–Kier alpha value is -3.08. The van der Waals surface area contributed by atoms with Crippen LogP contribution in [0.1, 0.15) is 31.7 Å². The Kier molecular flexibility index (Phi) is 6.84. The first-order valence-corrected chi connectivity index (χ1v) is 9.78. The van der Waals surface area contributed by atoms with E-state index in [1.165, 1.54) is 24.9 Å². The molecule has 0 aliphatic carbocycles. The molecule has 28 heavy (non-hydrogen) atoms. The molecule has 0 aromatic heterocycles. The maximum atomic E-state index is 12.2. The van der Waals surface area contributed by atoms with E-state index in [2.05, 4.69) is 15.5 Å². The van der Waals surface area contributed by atoms with E-state index in [4.69, 9.17) is 0 Å². The summed E-state index contributed by atoms with van der Waals surface area (Å²) in [6, 6.07) is 17.5. The van der Waals surface area contributed by atoms with E-state index in [1.54, 1.807) is 13.0 Å². The van der Waals surface area contributed by atoms with Gasteiger partial charge in [-0.2, -0.15) is 0 Å². The highest BCUT2D eigenvalue weighted by atomic mass is 16.2. The summed E-state index contributed by atoms with van der Waals surface area (Å²) in [7, 11) is 0. The number of carbonyl (C=O) groups excluding carboxylic acids is 2. The van der Waals surface area contributed by atoms with Gasteiger partial charge in [-0.15, -0.1) is 0 Å². The molecule has 1 saturated heterocycles. The summed E-state index contributed by atoms with van der Waals surface area (Å²) in [4.78, 5) is 26.7. The Morgan fingerprint density at radius 1 is 0.964 bits per heavy atom. The second-order valence-electron chi connectivity index (χ2n) is 7.06. The van der Waals surface area contributed by atoms with Gasteiger partial charge in [-0.05, 0) is 62.1 Å². The Morgan fingerprint density at radius 3 is 2.32 bits per heavy atom. The zero-order valence-corrected chi connectivity index (χ0v) is 16.3. The van der Waals surface area contributed by atoms with Gasteiger partial charge in [0.15, 0.2) is 0 Å². The molecule has 3 rings (SSSR count). The van der Waals surface area contributed by atoms with Crippen LogP contribution in [0.3, 0.4) is 0 Å². The molecule has 0 spiro atoms. The lowest BCUT2D eigenvalue weighted by Gasteiger charge is -2.28. The van der Waals surface area contributed by atoms with Crippen molar-refractivity contribution in [2.45, 2.75) is 26.2 Å². The number of hydrogen-bond acceptors (Lipinski definition) is 3. The summed E-state index contributed by atoms with van der Waals surface area (Å²) < 4.78 is 0. The van der Waals surface area contributed by atoms with E-state index in [0.29, 0.717) is 5.57 Å². The van der Waals surface area contributed by atoms with E-state index in [-0.39, 0.29) is 18.4 Å². The third-order valence-electron chi connectivity index (χ3n) is 4.82. The van der Waals surface area contributed by atoms with Gasteiger partial charge < -0.3 is 15.5 Å². The lowest BCUT2D eigenvalue weighted by molar-refractivity contribution is -0.121. The maximum absolute atomic E-state index is 12.2. The van der Waals surface area contributed by atoms with Crippen LogP contribution in [0.25, 0.3) is 6.08 Å². The molecule has 2 amide bonds. The van der Waals surface area contributed by atoms with Crippen LogP contribution in [-0.2, 0) is 9.59 Å². The maximum Gasteiger partial charge on any atom is 0.247 e. The number of nitrogens with zero attached hydrogens (tertiary/aromatic N) is 1. The Bertz CT molecular complexity index is 823. The lowest BCUT2D eigenvalue weighted by atomic mass is 10.1. The summed E-state index contributed by atoms with van der Waals surface area (Å²) >= 11 is 0. The van der Waals surface area contributed by atoms with Crippen LogP contribution in [0.5, 0.6) is 0 Å². The molecule has 0 saturated carbocycles. The van der Waals surface area contributed by atoms with Gasteiger partial charge >= 0.3 is 0 Å². The fourth-order valence-electron chi connectivity index (χ4n) is 3.28. The van der Waals surface area contributed by atoms with Crippen LogP contribution in [0.4, 0.5) is 11.4 Å². The lowest BCUT2D eigenvalue weighted by Crippen LogP contribution is -2.33. The first-order chi connectivity index (χ1) is 13.6. The Balaban J connectivity index is 1.47. The second-order valence-corrected chi connectivity index (χ2v) is 7.06. The quantitative estimate of drug-likeness (QED) is 0.752. The average Bonchev–Trinajstić information content (AvgIpc) is 2.74. The fourth-order valence-corrected chi connectivity index (χ4v) is 3.28. The van der Waals surface area contributed by atoms with Crippen molar-refractivity contribution in [3.8, 4) is 0 Å². The first-order valence-electron chi connectivity index (χ1n) is 9.78. The number of carbonyl (C=O) groups is 2. The van der Waals surface area contributed by atoms with Crippen molar-refractivity contribution in [1.29, 1.82) is 0 Å². The predicted molar refractivity (Wildman–Crippen MR) is 114 cm³/mol. The number of nitrogens with one attached hydrogen (secondary N) is 2. The van der Waals surface area contributed by atoms with Crippen molar-refractivity contribution >= 4 is 29.3 Å². The van der Waals surface area contributed by atoms with E-state index < -0.39 is 0 Å². The molecule has 0 radical (unpaired) electrons. The summed E-state index contributed by atoms with van der Waals surface area (Å²) in [5, 5.41) is 5.48. The van der Waals surface area contributed by atoms with E-state index in [9.17, 15) is 9.59 Å². The zero-order chi connectivity index (χ0) is 19.8. The van der Waals surface area contributed by atoms with Crippen LogP contribution in [0.2, 0.25) is 0 Å². The minimum atomic E-state index is -0.251. The molecule has 5 heteroatoms. The molecule has 5 nitrogen and oxygen atoms in total. The van der Waals surface area contributed by atoms with Gasteiger partial charge in [0.05, 0.1) is 6.54 Å². The van der Waals surface area contributed by atoms with Crippen molar-refractivity contribution in [3.63, 3.8) is 0 Å². The van der Waals surface area contributed by atoms with Crippen molar-refractivity contribution in [2.75, 3.05) is 29.9 Å². The summed E-state index contributed by atoms with van der Waals surface area (Å²) in [6.45, 7) is 3.85. The highest BCUT2D eigenvalue weighted by molar-refractivity contribution is 6.01. The molecule has 1 heterocycles. The number of hydrogen-bond donors (Lipinski definition) is 2. The molecule has 2 N–H and O–H groups in total. The van der Waals surface area contributed by atoms with Crippen molar-refractivity contribution < 1.29 is 9.59 Å². The number of rotatable bonds is 6. The fraction of sp³-hybridized carbons (Fsp3) is 0.304. The predicted octanol–water partition coefficient (Wildman–Crippen LogP) is 3.84. The number of amides is 2. The Morgan fingerprint density at radius 2 is 1.64 bits per heavy atom. The van der Waals surface area contributed by atoms with Gasteiger partial charge in [-0.1, -0.05) is 30.3 Å². The average molecular weight is 377 g/mol. The summed E-state index contributed by atoms with van der Waals surface area (Å²) in [5.41, 5.74) is 3.43. The van der Waals surface area contributed by atoms with Crippen molar-refractivity contribution in [3.05, 3.63) is 65.7 Å². The number of piperidine rings is 1. The molecule has 0 bridgehead atoms. The van der Waals surface area contributed by atoms with E-state index in [0.717, 1.165) is 24.3 Å². The minimum Gasteiger partial charge on any atom is -0.372 e. The number of anilines is 2. The van der Waals surface area contributed by atoms with Crippen LogP contribution >= 0.6 is 0 Å². The summed E-state index contributed by atoms with van der Waals surface area (Å²) in [6.07, 6.45) is 5.57. The van der Waals surface area contributed by atoms with Crippen LogP contribution < -0.4 is 15.5 Å². The molecular formula is C23H27N3O2. The smallest absolute Gasteiger partial charge is 0.247 e. The zero-order valence-electron chi connectivity index (χ0n) is 16.3. The largest absolute Gasteiger partial charge is 0.372 e. The monoisotopic (exact) mass is 377 g/mol. The van der Waals surface area contributed by atoms with Crippen LogP contribution in [-0.4, -0.2) is 31.4 Å². The minimum absolute atomic E-state index is 0.0628. The van der Waals surface area contributed by atoms with Gasteiger partial charge in [-0.3, -0.25) is 9.59 Å². The van der Waals surface area contributed by atoms with Crippen LogP contribution in [0.15, 0.2) is 60.2 Å². The molecule has 146 valence electrons. The van der Waals surface area contributed by atoms with Gasteiger partial charge in [0.1, 0.15) is 0 Å². The molecule has 1 aliphatic heterocycles. The van der Waals surface area contributed by atoms with Gasteiger partial charge in [0, 0.05) is 30.0 Å². The van der Waals surface area contributed by atoms with Crippen molar-refractivity contribution in [2.24, 2.45) is 0 Å². The summed E-state index contributed by atoms with van der Waals surface area (Å²) in [5.74, 6) is -0.494. The highest BCUT2D eigenvalue weighted by Gasteiger charge is 2.11. The topological polar surface area (TPSA) is 61.4 Å². The SMILES string of the molecule is C/C(=C\c1ccccc1)C(=O)NCC(=O)Nc1ccc(N2CCCCC2)cc1. The second kappa shape index (κ2) is 9.74. The van der Waals surface area contributed by atoms with Gasteiger partial charge in [0.25, 0.3) is 0 Å². The first kappa shape index (κ1) is 19.7. The van der Waals surface area contributed by atoms with Gasteiger partial charge in [-0.25, -0.2) is 0 Å². The molecule has 0 unspecified atom stereocenters. The van der Waals surface area contributed by atoms with E-state index >= 15 is 0 Å². The van der Waals surface area contributed by atoms with Crippen LogP contribution in [0, 0.1) is 0 Å². The molecule has 2 aromatic rings. The van der Waals surface area contributed by atoms with E-state index in [1.807, 2.05) is 54.6 Å². The molecule has 1 aliphatic rings. The number of benzene rings is 2. The molecule has 1 fully saturated rings. The van der Waals surface area contributed by atoms with Gasteiger partial charge in [0.2, 0.25) is 11.8 Å².